The van der Waals surface area contributed by atoms with E-state index in [1.54, 1.807) is 26.8 Å². The molecule has 6 rings (SSSR count). The Balaban J connectivity index is 1.55. The minimum atomic E-state index is -1.13. The molecule has 2 unspecified atom stereocenters. The summed E-state index contributed by atoms with van der Waals surface area (Å²) in [5.74, 6) is -0.0966. The molecule has 218 valence electrons. The van der Waals surface area contributed by atoms with Gasteiger partial charge in [0.2, 0.25) is 5.76 Å². The first-order valence-electron chi connectivity index (χ1n) is 14.2. The molecule has 0 amide bonds. The molecule has 3 heterocycles. The van der Waals surface area contributed by atoms with E-state index < -0.39 is 23.6 Å². The van der Waals surface area contributed by atoms with Crippen molar-refractivity contribution in [2.24, 2.45) is 4.99 Å². The molecule has 9 heteroatoms. The van der Waals surface area contributed by atoms with Crippen LogP contribution in [0.15, 0.2) is 46.2 Å². The number of nitrogens with zero attached hydrogens (tertiary/aromatic N) is 1. The Morgan fingerprint density at radius 3 is 2.71 bits per heavy atom. The van der Waals surface area contributed by atoms with Crippen LogP contribution in [0.25, 0.3) is 11.6 Å². The summed E-state index contributed by atoms with van der Waals surface area (Å²) in [6, 6.07) is 7.57. The van der Waals surface area contributed by atoms with Crippen molar-refractivity contribution in [3.63, 3.8) is 0 Å². The van der Waals surface area contributed by atoms with Crippen LogP contribution in [0.2, 0.25) is 0 Å². The van der Waals surface area contributed by atoms with Crippen molar-refractivity contribution in [2.45, 2.75) is 64.1 Å². The van der Waals surface area contributed by atoms with Gasteiger partial charge in [-0.05, 0) is 56.5 Å². The fraction of sp³-hybridized carbons (Fsp3) is 0.394. The summed E-state index contributed by atoms with van der Waals surface area (Å²) in [6.45, 7) is 5.74. The van der Waals surface area contributed by atoms with Gasteiger partial charge in [0.1, 0.15) is 29.1 Å². The van der Waals surface area contributed by atoms with Gasteiger partial charge >= 0.3 is 5.97 Å². The average molecular weight is 572 g/mol. The lowest BCUT2D eigenvalue weighted by Crippen LogP contribution is -2.39. The van der Waals surface area contributed by atoms with Crippen LogP contribution in [0, 0.1) is 0 Å². The molecule has 2 aromatic rings. The van der Waals surface area contributed by atoms with Crippen molar-refractivity contribution in [3.05, 3.63) is 68.4 Å². The molecule has 2 atom stereocenters. The third kappa shape index (κ3) is 4.61. The number of hydrogen-bond acceptors (Lipinski definition) is 9. The summed E-state index contributed by atoms with van der Waals surface area (Å²) >= 11 is 0. The molecule has 1 saturated carbocycles. The number of allylic oxidation sites excluding steroid dienone is 3. The van der Waals surface area contributed by atoms with E-state index in [4.69, 9.17) is 18.9 Å². The number of benzene rings is 2. The Hall–Kier alpha value is -4.24. The standard InChI is InChI=1S/C33H33NO8/c1-5-40-32(37)31-22(16-35)28(19-7-9-24(36)20(13-19)17-6-8-23-18(12-17)10-11-34-23)29-26(42-31)15-25-21(30(29)39-4)14-27(41-25)33(2,3)38/h6,8,10,12,15-16,20,27,38H,5,7,9,11,13-14H2,1-4H3. The van der Waals surface area contributed by atoms with Crippen molar-refractivity contribution in [2.75, 3.05) is 20.3 Å². The number of carbonyl (C=O) groups is 3. The molecule has 2 aromatic carbocycles. The maximum atomic E-state index is 13.3. The number of esters is 1. The smallest absolute Gasteiger partial charge is 0.375 e. The summed E-state index contributed by atoms with van der Waals surface area (Å²) in [7, 11) is 1.53. The second-order valence-corrected chi connectivity index (χ2v) is 11.5. The Labute approximate surface area is 243 Å². The first kappa shape index (κ1) is 27.9. The molecule has 0 spiro atoms. The maximum absolute atomic E-state index is 13.3. The van der Waals surface area contributed by atoms with Gasteiger partial charge in [0.25, 0.3) is 0 Å². The van der Waals surface area contributed by atoms with Crippen LogP contribution < -0.4 is 24.8 Å². The Bertz CT molecular complexity index is 1710. The number of hydrogen-bond donors (Lipinski definition) is 1. The normalized spacial score (nSPS) is 22.6. The maximum Gasteiger partial charge on any atom is 0.375 e. The van der Waals surface area contributed by atoms with Crippen molar-refractivity contribution < 1.29 is 38.4 Å². The highest BCUT2D eigenvalue weighted by Crippen LogP contribution is 2.53. The fourth-order valence-corrected chi connectivity index (χ4v) is 6.29. The van der Waals surface area contributed by atoms with E-state index in [2.05, 4.69) is 4.99 Å². The van der Waals surface area contributed by atoms with Crippen molar-refractivity contribution in [1.82, 2.24) is 0 Å². The molecule has 0 saturated heterocycles. The molecular formula is C33H33NO8. The lowest BCUT2D eigenvalue weighted by atomic mass is 9.75. The topological polar surface area (TPSA) is 121 Å². The average Bonchev–Trinajstić information content (AvgIpc) is 3.62. The number of aliphatic hydroxyl groups is 1. The van der Waals surface area contributed by atoms with E-state index in [9.17, 15) is 19.5 Å². The SMILES string of the molecule is CCOC(=O)C1=C(C=O)C(=C2CCC(=O)C(c3ccc4c(c3)=CCN=4)C2)c2c(cc3c(c2OC)CC(C(C)(C)O)O3)O1. The zero-order valence-corrected chi connectivity index (χ0v) is 24.1. The number of Topliss-reactive ketones (excluding diaryl/α,β-unsaturated/α-hetero) is 1. The molecule has 3 aliphatic heterocycles. The summed E-state index contributed by atoms with van der Waals surface area (Å²) in [5, 5.41) is 12.6. The van der Waals surface area contributed by atoms with Gasteiger partial charge < -0.3 is 24.1 Å². The lowest BCUT2D eigenvalue weighted by molar-refractivity contribution is -0.141. The van der Waals surface area contributed by atoms with Crippen LogP contribution in [-0.4, -0.2) is 55.1 Å². The Morgan fingerprint density at radius 2 is 2.00 bits per heavy atom. The van der Waals surface area contributed by atoms with Crippen LogP contribution in [-0.2, 0) is 25.5 Å². The Morgan fingerprint density at radius 1 is 1.19 bits per heavy atom. The van der Waals surface area contributed by atoms with Gasteiger partial charge in [-0.3, -0.25) is 14.6 Å². The van der Waals surface area contributed by atoms with E-state index in [0.29, 0.717) is 54.7 Å². The van der Waals surface area contributed by atoms with Gasteiger partial charge in [0.15, 0.2) is 6.29 Å². The zero-order valence-electron chi connectivity index (χ0n) is 24.1. The monoisotopic (exact) mass is 571 g/mol. The lowest BCUT2D eigenvalue weighted by Gasteiger charge is -2.31. The van der Waals surface area contributed by atoms with Gasteiger partial charge in [-0.15, -0.1) is 0 Å². The Kier molecular flexibility index (Phi) is 7.01. The summed E-state index contributed by atoms with van der Waals surface area (Å²) < 4.78 is 23.4. The van der Waals surface area contributed by atoms with Gasteiger partial charge in [0, 0.05) is 36.0 Å². The number of carbonyl (C=O) groups excluding carboxylic acids is 3. The van der Waals surface area contributed by atoms with Crippen LogP contribution in [0.3, 0.4) is 0 Å². The second-order valence-electron chi connectivity index (χ2n) is 11.5. The first-order valence-corrected chi connectivity index (χ1v) is 14.2. The molecule has 0 radical (unpaired) electrons. The van der Waals surface area contributed by atoms with Gasteiger partial charge in [0.05, 0.1) is 42.4 Å². The van der Waals surface area contributed by atoms with E-state index in [-0.39, 0.29) is 35.9 Å². The highest BCUT2D eigenvalue weighted by Gasteiger charge is 2.42. The van der Waals surface area contributed by atoms with Gasteiger partial charge in [-0.2, -0.15) is 0 Å². The summed E-state index contributed by atoms with van der Waals surface area (Å²) in [6.07, 6.45) is 3.53. The first-order chi connectivity index (χ1) is 20.1. The van der Waals surface area contributed by atoms with E-state index in [1.807, 2.05) is 24.3 Å². The summed E-state index contributed by atoms with van der Waals surface area (Å²) in [5.41, 5.74) is 2.43. The van der Waals surface area contributed by atoms with Crippen LogP contribution in [0.4, 0.5) is 0 Å². The summed E-state index contributed by atoms with van der Waals surface area (Å²) in [4.78, 5) is 43.6. The van der Waals surface area contributed by atoms with Crippen LogP contribution in [0.1, 0.15) is 62.6 Å². The molecule has 1 N–H and O–H groups in total. The van der Waals surface area contributed by atoms with E-state index in [0.717, 1.165) is 27.3 Å². The van der Waals surface area contributed by atoms with Crippen molar-refractivity contribution in [1.29, 1.82) is 0 Å². The molecule has 4 aliphatic rings. The van der Waals surface area contributed by atoms with Crippen molar-refractivity contribution >= 4 is 29.7 Å². The molecule has 1 fully saturated rings. The van der Waals surface area contributed by atoms with E-state index in [1.165, 1.54) is 7.11 Å². The highest BCUT2D eigenvalue weighted by molar-refractivity contribution is 6.10. The third-order valence-corrected chi connectivity index (χ3v) is 8.41. The van der Waals surface area contributed by atoms with Gasteiger partial charge in [-0.25, -0.2) is 4.79 Å². The molecule has 9 nitrogen and oxygen atoms in total. The predicted molar refractivity (Wildman–Crippen MR) is 153 cm³/mol. The van der Waals surface area contributed by atoms with Crippen LogP contribution >= 0.6 is 0 Å². The number of ketones is 1. The van der Waals surface area contributed by atoms with Crippen LogP contribution in [0.5, 0.6) is 17.2 Å². The largest absolute Gasteiger partial charge is 0.496 e. The van der Waals surface area contributed by atoms with E-state index >= 15 is 0 Å². The zero-order chi connectivity index (χ0) is 29.8. The third-order valence-electron chi connectivity index (χ3n) is 8.41. The number of ether oxygens (including phenoxy) is 4. The second kappa shape index (κ2) is 10.5. The number of fused-ring (bicyclic) bond motifs is 3. The molecule has 1 aliphatic carbocycles. The predicted octanol–water partition coefficient (Wildman–Crippen LogP) is 2.88. The quantitative estimate of drug-likeness (QED) is 0.415. The minimum absolute atomic E-state index is 0.0568. The fourth-order valence-electron chi connectivity index (χ4n) is 6.29. The molecular weight excluding hydrogens is 538 g/mol. The number of aldehydes is 1. The number of rotatable bonds is 6. The number of methoxy groups -OCH3 is 1. The molecule has 42 heavy (non-hydrogen) atoms. The minimum Gasteiger partial charge on any atom is -0.496 e. The van der Waals surface area contributed by atoms with Gasteiger partial charge in [-0.1, -0.05) is 17.7 Å². The highest BCUT2D eigenvalue weighted by atomic mass is 16.6. The molecule has 0 aromatic heterocycles. The van der Waals surface area contributed by atoms with Crippen molar-refractivity contribution in [3.8, 4) is 17.2 Å². The molecule has 0 bridgehead atoms.